The fourth-order valence-electron chi connectivity index (χ4n) is 4.77. The number of H-pyrrole nitrogens is 2. The van der Waals surface area contributed by atoms with E-state index in [-0.39, 0.29) is 11.8 Å². The Hall–Kier alpha value is -4.92. The number of amides is 1. The van der Waals surface area contributed by atoms with Crippen molar-refractivity contribution in [2.45, 2.75) is 19.3 Å². The van der Waals surface area contributed by atoms with E-state index in [2.05, 4.69) is 46.5 Å². The molecule has 0 unspecified atom stereocenters. The molecule has 0 aromatic carbocycles. The lowest BCUT2D eigenvalue weighted by molar-refractivity contribution is -0.122. The lowest BCUT2D eigenvalue weighted by Gasteiger charge is -2.24. The second-order valence-corrected chi connectivity index (χ2v) is 9.31. The number of hydrogen-bond acceptors (Lipinski definition) is 6. The average Bonchev–Trinajstić information content (AvgIpc) is 3.52. The molecule has 37 heavy (non-hydrogen) atoms. The minimum atomic E-state index is 0.0651. The van der Waals surface area contributed by atoms with Crippen molar-refractivity contribution in [2.24, 2.45) is 5.92 Å². The summed E-state index contributed by atoms with van der Waals surface area (Å²) in [6.45, 7) is 0. The fourth-order valence-corrected chi connectivity index (χ4v) is 4.77. The smallest absolute Gasteiger partial charge is 0.227 e. The van der Waals surface area contributed by atoms with Crippen LogP contribution in [0, 0.1) is 5.92 Å². The second-order valence-electron chi connectivity index (χ2n) is 9.31. The van der Waals surface area contributed by atoms with Gasteiger partial charge in [-0.1, -0.05) is 6.42 Å². The molecule has 180 valence electrons. The first-order valence-electron chi connectivity index (χ1n) is 12.2. The van der Waals surface area contributed by atoms with Crippen LogP contribution in [0.15, 0.2) is 73.6 Å². The Kier molecular flexibility index (Phi) is 4.99. The van der Waals surface area contributed by atoms with Crippen molar-refractivity contribution >= 4 is 33.5 Å². The predicted molar refractivity (Wildman–Crippen MR) is 141 cm³/mol. The van der Waals surface area contributed by atoms with Crippen molar-refractivity contribution in [3.8, 4) is 33.8 Å². The summed E-state index contributed by atoms with van der Waals surface area (Å²) in [6, 6.07) is 11.9. The Morgan fingerprint density at radius 1 is 0.838 bits per heavy atom. The van der Waals surface area contributed by atoms with E-state index in [1.807, 2.05) is 30.3 Å². The molecule has 9 nitrogen and oxygen atoms in total. The molecule has 0 aliphatic heterocycles. The first-order chi connectivity index (χ1) is 18.2. The maximum Gasteiger partial charge on any atom is 0.227 e. The quantitative estimate of drug-likeness (QED) is 0.301. The van der Waals surface area contributed by atoms with Crippen LogP contribution in [0.25, 0.3) is 55.7 Å². The topological polar surface area (TPSA) is 125 Å². The number of rotatable bonds is 5. The largest absolute Gasteiger partial charge is 0.353 e. The highest BCUT2D eigenvalue weighted by molar-refractivity contribution is 6.00. The highest BCUT2D eigenvalue weighted by Gasteiger charge is 2.25. The number of nitrogens with one attached hydrogen (secondary N) is 3. The molecule has 0 atom stereocenters. The molecular formula is C28H22N8O. The van der Waals surface area contributed by atoms with Crippen LogP contribution in [0.5, 0.6) is 0 Å². The zero-order chi connectivity index (χ0) is 24.8. The summed E-state index contributed by atoms with van der Waals surface area (Å²) in [5, 5.41) is 12.5. The molecule has 7 rings (SSSR count). The SMILES string of the molecule is O=C(Nc1cncc(-c2cnc3[nH]nc(-c4cc5c(-c6ccncc6)nccc5[nH]4)c3c2)c1)C1CCC1. The summed E-state index contributed by atoms with van der Waals surface area (Å²) < 4.78 is 0. The van der Waals surface area contributed by atoms with Crippen LogP contribution in [0.2, 0.25) is 0 Å². The number of hydrogen-bond donors (Lipinski definition) is 3. The van der Waals surface area contributed by atoms with Crippen molar-refractivity contribution in [1.82, 2.24) is 35.1 Å². The minimum Gasteiger partial charge on any atom is -0.353 e. The lowest BCUT2D eigenvalue weighted by atomic mass is 9.85. The van der Waals surface area contributed by atoms with Gasteiger partial charge < -0.3 is 10.3 Å². The number of carbonyl (C=O) groups excluding carboxylic acids is 1. The van der Waals surface area contributed by atoms with E-state index in [9.17, 15) is 4.79 Å². The summed E-state index contributed by atoms with van der Waals surface area (Å²) in [5.41, 5.74) is 7.61. The Balaban J connectivity index is 1.26. The average molecular weight is 487 g/mol. The van der Waals surface area contributed by atoms with Crippen LogP contribution in [0.3, 0.4) is 0 Å². The molecule has 0 bridgehead atoms. The molecule has 6 aromatic heterocycles. The minimum absolute atomic E-state index is 0.0651. The van der Waals surface area contributed by atoms with Crippen LogP contribution in [-0.2, 0) is 4.79 Å². The van der Waals surface area contributed by atoms with Gasteiger partial charge in [-0.05, 0) is 49.2 Å². The number of nitrogens with zero attached hydrogens (tertiary/aromatic N) is 5. The number of aromatic amines is 2. The molecule has 1 aliphatic rings. The summed E-state index contributed by atoms with van der Waals surface area (Å²) in [7, 11) is 0. The zero-order valence-electron chi connectivity index (χ0n) is 19.8. The Morgan fingerprint density at radius 2 is 1.70 bits per heavy atom. The Bertz CT molecular complexity index is 1770. The second kappa shape index (κ2) is 8.63. The molecule has 0 spiro atoms. The van der Waals surface area contributed by atoms with Gasteiger partial charge in [-0.3, -0.25) is 24.8 Å². The van der Waals surface area contributed by atoms with Crippen LogP contribution in [0.4, 0.5) is 5.69 Å². The lowest BCUT2D eigenvalue weighted by Crippen LogP contribution is -2.28. The van der Waals surface area contributed by atoms with Crippen molar-refractivity contribution < 1.29 is 4.79 Å². The summed E-state index contributed by atoms with van der Waals surface area (Å²) in [4.78, 5) is 33.6. The molecule has 1 saturated carbocycles. The highest BCUT2D eigenvalue weighted by Crippen LogP contribution is 2.34. The maximum absolute atomic E-state index is 12.4. The van der Waals surface area contributed by atoms with Gasteiger partial charge in [0.1, 0.15) is 5.69 Å². The first kappa shape index (κ1) is 21.4. The highest BCUT2D eigenvalue weighted by atomic mass is 16.1. The zero-order valence-corrected chi connectivity index (χ0v) is 19.8. The Morgan fingerprint density at radius 3 is 2.54 bits per heavy atom. The van der Waals surface area contributed by atoms with Gasteiger partial charge in [0.2, 0.25) is 5.91 Å². The van der Waals surface area contributed by atoms with E-state index in [0.717, 1.165) is 69.3 Å². The Labute approximate surface area is 211 Å². The normalized spacial score (nSPS) is 13.6. The molecule has 1 fully saturated rings. The van der Waals surface area contributed by atoms with Crippen molar-refractivity contribution in [3.05, 3.63) is 73.6 Å². The van der Waals surface area contributed by atoms with E-state index >= 15 is 0 Å². The van der Waals surface area contributed by atoms with E-state index < -0.39 is 0 Å². The molecule has 9 heteroatoms. The molecular weight excluding hydrogens is 464 g/mol. The van der Waals surface area contributed by atoms with Gasteiger partial charge in [0.25, 0.3) is 0 Å². The molecule has 1 aliphatic carbocycles. The van der Waals surface area contributed by atoms with Crippen LogP contribution < -0.4 is 5.32 Å². The van der Waals surface area contributed by atoms with Gasteiger partial charge >= 0.3 is 0 Å². The summed E-state index contributed by atoms with van der Waals surface area (Å²) >= 11 is 0. The first-order valence-corrected chi connectivity index (χ1v) is 12.2. The predicted octanol–water partition coefficient (Wildman–Crippen LogP) is 5.36. The van der Waals surface area contributed by atoms with E-state index in [1.165, 1.54) is 0 Å². The molecule has 6 aromatic rings. The number of fused-ring (bicyclic) bond motifs is 2. The van der Waals surface area contributed by atoms with Gasteiger partial charge in [-0.15, -0.1) is 0 Å². The third-order valence-corrected chi connectivity index (χ3v) is 6.99. The number of aromatic nitrogens is 7. The molecule has 0 radical (unpaired) electrons. The van der Waals surface area contributed by atoms with Gasteiger partial charge in [0.15, 0.2) is 5.65 Å². The van der Waals surface area contributed by atoms with Crippen molar-refractivity contribution in [1.29, 1.82) is 0 Å². The van der Waals surface area contributed by atoms with E-state index in [0.29, 0.717) is 11.3 Å². The van der Waals surface area contributed by atoms with Crippen LogP contribution in [0.1, 0.15) is 19.3 Å². The summed E-state index contributed by atoms with van der Waals surface area (Å²) in [5.74, 6) is 0.177. The van der Waals surface area contributed by atoms with Gasteiger partial charge in [-0.25, -0.2) is 4.98 Å². The van der Waals surface area contributed by atoms with E-state index in [1.54, 1.807) is 37.2 Å². The number of pyridine rings is 4. The van der Waals surface area contributed by atoms with Crippen molar-refractivity contribution in [3.63, 3.8) is 0 Å². The monoisotopic (exact) mass is 486 g/mol. The molecule has 0 saturated heterocycles. The van der Waals surface area contributed by atoms with Crippen LogP contribution in [-0.4, -0.2) is 41.0 Å². The number of anilines is 1. The molecule has 3 N–H and O–H groups in total. The fraction of sp³-hybridized carbons (Fsp3) is 0.143. The van der Waals surface area contributed by atoms with Crippen molar-refractivity contribution in [2.75, 3.05) is 5.32 Å². The van der Waals surface area contributed by atoms with E-state index in [4.69, 9.17) is 0 Å². The van der Waals surface area contributed by atoms with Gasteiger partial charge in [-0.2, -0.15) is 5.10 Å². The van der Waals surface area contributed by atoms with Crippen LogP contribution >= 0.6 is 0 Å². The van der Waals surface area contributed by atoms with Gasteiger partial charge in [0, 0.05) is 69.9 Å². The molecule has 6 heterocycles. The third-order valence-electron chi connectivity index (χ3n) is 6.99. The third kappa shape index (κ3) is 3.81. The summed E-state index contributed by atoms with van der Waals surface area (Å²) in [6.07, 6.45) is 13.6. The number of carbonyl (C=O) groups is 1. The maximum atomic E-state index is 12.4. The van der Waals surface area contributed by atoms with Gasteiger partial charge in [0.05, 0.1) is 23.3 Å². The molecule has 1 amide bonds. The standard InChI is InChI=1S/C28H22N8O/c37-28(17-2-1-3-17)33-20-10-18(13-30-15-20)19-11-22-26(35-36-27(22)32-14-19)24-12-21-23(34-24)6-9-31-25(21)16-4-7-29-8-5-16/h4-15,17,34H,1-3H2,(H,33,37)(H,32,35,36).